The lowest BCUT2D eigenvalue weighted by Gasteiger charge is -2.29. The molecule has 12 heteroatoms. The summed E-state index contributed by atoms with van der Waals surface area (Å²) in [7, 11) is 1.49. The minimum atomic E-state index is -0.924. The van der Waals surface area contributed by atoms with E-state index in [0.717, 1.165) is 6.07 Å². The van der Waals surface area contributed by atoms with Crippen molar-refractivity contribution in [2.75, 3.05) is 24.4 Å². The predicted molar refractivity (Wildman–Crippen MR) is 120 cm³/mol. The molecule has 1 aromatic heterocycles. The number of carbonyl (C=O) groups excluding carboxylic acids is 1. The summed E-state index contributed by atoms with van der Waals surface area (Å²) in [6, 6.07) is 8.50. The zero-order valence-corrected chi connectivity index (χ0v) is 18.6. The fraction of sp³-hybridized carbons (Fsp3) is 0.227. The smallest absolute Gasteiger partial charge is 0.265 e. The Morgan fingerprint density at radius 2 is 2.06 bits per heavy atom. The molecule has 1 aliphatic heterocycles. The summed E-state index contributed by atoms with van der Waals surface area (Å²) >= 11 is 0. The van der Waals surface area contributed by atoms with Gasteiger partial charge in [-0.05, 0) is 37.6 Å². The van der Waals surface area contributed by atoms with Gasteiger partial charge in [0, 0.05) is 17.5 Å². The molecule has 0 bridgehead atoms. The van der Waals surface area contributed by atoms with Gasteiger partial charge in [-0.3, -0.25) is 14.9 Å². The molecule has 0 aliphatic carbocycles. The molecule has 0 unspecified atom stereocenters. The molecular weight excluding hydrogens is 444 g/mol. The Balaban J connectivity index is 1.86. The summed E-state index contributed by atoms with van der Waals surface area (Å²) in [6.45, 7) is 3.48. The summed E-state index contributed by atoms with van der Waals surface area (Å²) in [6.07, 6.45) is 1.30. The Morgan fingerprint density at radius 1 is 1.29 bits per heavy atom. The predicted octanol–water partition coefficient (Wildman–Crippen LogP) is 2.59. The molecule has 2 aromatic carbocycles. The molecule has 1 aliphatic rings. The molecule has 0 saturated carbocycles. The number of carbonyl (C=O) groups is 1. The lowest BCUT2D eigenvalue weighted by Crippen LogP contribution is -2.31. The maximum absolute atomic E-state index is 13.5. The van der Waals surface area contributed by atoms with Crippen molar-refractivity contribution in [2.45, 2.75) is 19.9 Å². The first-order valence-corrected chi connectivity index (χ1v) is 10.3. The van der Waals surface area contributed by atoms with Gasteiger partial charge in [-0.1, -0.05) is 12.1 Å². The van der Waals surface area contributed by atoms with E-state index in [1.165, 1.54) is 24.2 Å². The van der Waals surface area contributed by atoms with Crippen molar-refractivity contribution in [1.82, 2.24) is 14.8 Å². The van der Waals surface area contributed by atoms with Crippen molar-refractivity contribution in [3.8, 4) is 17.2 Å². The number of hydrogen-bond donors (Lipinski definition) is 2. The lowest BCUT2D eigenvalue weighted by molar-refractivity contribution is -0.398. The lowest BCUT2D eigenvalue weighted by atomic mass is 9.94. The third-order valence-electron chi connectivity index (χ3n) is 5.26. The minimum Gasteiger partial charge on any atom is -0.865 e. The van der Waals surface area contributed by atoms with Crippen LogP contribution in [0.4, 0.5) is 17.3 Å². The molecule has 4 rings (SSSR count). The number of benzene rings is 2. The Kier molecular flexibility index (Phi) is 6.04. The number of nitrogens with zero attached hydrogens (tertiary/aromatic N) is 4. The highest BCUT2D eigenvalue weighted by Crippen LogP contribution is 2.42. The minimum absolute atomic E-state index is 0.132. The first kappa shape index (κ1) is 22.6. The number of nitro benzene ring substituents is 1. The van der Waals surface area contributed by atoms with E-state index in [4.69, 9.17) is 9.47 Å². The molecule has 1 amide bonds. The Hall–Kier alpha value is -4.61. The number of rotatable bonds is 7. The molecule has 1 atom stereocenters. The van der Waals surface area contributed by atoms with E-state index in [2.05, 4.69) is 20.7 Å². The number of methoxy groups -OCH3 is 1. The summed E-state index contributed by atoms with van der Waals surface area (Å²) in [4.78, 5) is 28.5. The maximum atomic E-state index is 13.5. The first-order chi connectivity index (χ1) is 16.3. The molecule has 176 valence electrons. The third-order valence-corrected chi connectivity index (χ3v) is 5.26. The van der Waals surface area contributed by atoms with E-state index in [0.29, 0.717) is 23.1 Å². The van der Waals surface area contributed by atoms with E-state index >= 15 is 0 Å². The summed E-state index contributed by atoms with van der Waals surface area (Å²) < 4.78 is 12.1. The highest BCUT2D eigenvalue weighted by Gasteiger charge is 2.35. The average Bonchev–Trinajstić information content (AvgIpc) is 3.27. The van der Waals surface area contributed by atoms with Gasteiger partial charge in [-0.15, -0.1) is 0 Å². The quantitative estimate of drug-likeness (QED) is 0.395. The fourth-order valence-electron chi connectivity index (χ4n) is 3.80. The van der Waals surface area contributed by atoms with Gasteiger partial charge in [0.2, 0.25) is 5.95 Å². The van der Waals surface area contributed by atoms with Crippen molar-refractivity contribution in [3.05, 3.63) is 69.7 Å². The van der Waals surface area contributed by atoms with Gasteiger partial charge in [0.25, 0.3) is 11.6 Å². The van der Waals surface area contributed by atoms with Crippen LogP contribution in [0.5, 0.6) is 17.2 Å². The average molecular weight is 465 g/mol. The van der Waals surface area contributed by atoms with Crippen molar-refractivity contribution < 1.29 is 24.3 Å². The van der Waals surface area contributed by atoms with Crippen LogP contribution in [0.1, 0.15) is 25.5 Å². The first-order valence-electron chi connectivity index (χ1n) is 10.3. The number of amides is 1. The molecule has 0 spiro atoms. The van der Waals surface area contributed by atoms with Crippen LogP contribution < -0.4 is 25.2 Å². The fourth-order valence-corrected chi connectivity index (χ4v) is 3.80. The second-order valence-electron chi connectivity index (χ2n) is 7.31. The highest BCUT2D eigenvalue weighted by molar-refractivity contribution is 6.06. The van der Waals surface area contributed by atoms with Crippen molar-refractivity contribution in [2.24, 2.45) is 0 Å². The molecule has 12 nitrogen and oxygen atoms in total. The van der Waals surface area contributed by atoms with Crippen LogP contribution in [0, 0.1) is 10.1 Å². The largest absolute Gasteiger partial charge is 0.865 e. The van der Waals surface area contributed by atoms with Gasteiger partial charge < -0.3 is 25.2 Å². The van der Waals surface area contributed by atoms with Crippen molar-refractivity contribution in [3.63, 3.8) is 0 Å². The Morgan fingerprint density at radius 3 is 2.76 bits per heavy atom. The van der Waals surface area contributed by atoms with Gasteiger partial charge >= 0.3 is 0 Å². The number of ether oxygens (including phenoxy) is 2. The van der Waals surface area contributed by atoms with Gasteiger partial charge in [-0.25, -0.2) is 4.68 Å². The molecule has 0 fully saturated rings. The summed E-state index contributed by atoms with van der Waals surface area (Å²) in [5.41, 5.74) is 0.731. The third kappa shape index (κ3) is 3.96. The van der Waals surface area contributed by atoms with E-state index in [9.17, 15) is 20.0 Å². The number of anilines is 2. The monoisotopic (exact) mass is 465 g/mol. The normalized spacial score (nSPS) is 14.7. The standard InChI is InChI=1S/C22H22N6O6/c1-4-34-17-10-13(9-15(20(17)29)28(31)32)19-18(12(2)25-22-23-11-24-27(19)22)21(30)26-14-7-5-6-8-16(14)33-3/h5-11,19,29H,4H2,1-3H3,(H,26,30)(H,23,24,25)/p-1/t19-/m0/s1. The highest BCUT2D eigenvalue weighted by atomic mass is 16.6. The molecule has 0 radical (unpaired) electrons. The molecular formula is C22H21N6O6-. The maximum Gasteiger partial charge on any atom is 0.265 e. The molecule has 2 N–H and O–H groups in total. The van der Waals surface area contributed by atoms with Crippen LogP contribution in [0.25, 0.3) is 0 Å². The van der Waals surface area contributed by atoms with E-state index in [-0.39, 0.29) is 23.5 Å². The zero-order chi connectivity index (χ0) is 24.4. The number of para-hydroxylation sites is 2. The SMILES string of the molecule is CCOc1cc([C@H]2C(C(=O)Nc3ccccc3OC)=C(C)Nc3ncnn32)cc([N+](=O)[O-])c1[O-]. The molecule has 34 heavy (non-hydrogen) atoms. The van der Waals surface area contributed by atoms with Crippen LogP contribution in [0.2, 0.25) is 0 Å². The van der Waals surface area contributed by atoms with Crippen LogP contribution >= 0.6 is 0 Å². The molecule has 0 saturated heterocycles. The van der Waals surface area contributed by atoms with Gasteiger partial charge in [0.15, 0.2) is 0 Å². The van der Waals surface area contributed by atoms with Crippen LogP contribution in [-0.4, -0.2) is 39.3 Å². The van der Waals surface area contributed by atoms with E-state index in [1.807, 2.05) is 0 Å². The Labute approximate surface area is 194 Å². The second-order valence-corrected chi connectivity index (χ2v) is 7.31. The molecule has 3 aromatic rings. The number of hydrogen-bond acceptors (Lipinski definition) is 9. The number of allylic oxidation sites excluding steroid dienone is 1. The van der Waals surface area contributed by atoms with Crippen molar-refractivity contribution >= 4 is 23.2 Å². The number of nitrogens with one attached hydrogen (secondary N) is 2. The van der Waals surface area contributed by atoms with Gasteiger partial charge in [-0.2, -0.15) is 10.1 Å². The van der Waals surface area contributed by atoms with Crippen LogP contribution in [-0.2, 0) is 4.79 Å². The zero-order valence-electron chi connectivity index (χ0n) is 18.6. The topological polar surface area (TPSA) is 157 Å². The second kappa shape index (κ2) is 9.10. The molecule has 2 heterocycles. The van der Waals surface area contributed by atoms with Crippen LogP contribution in [0.3, 0.4) is 0 Å². The van der Waals surface area contributed by atoms with Crippen molar-refractivity contribution in [1.29, 1.82) is 0 Å². The van der Waals surface area contributed by atoms with Gasteiger partial charge in [0.1, 0.15) is 23.9 Å². The van der Waals surface area contributed by atoms with E-state index < -0.39 is 28.3 Å². The number of nitro groups is 1. The number of aromatic nitrogens is 3. The van der Waals surface area contributed by atoms with Crippen LogP contribution in [0.15, 0.2) is 54.0 Å². The number of fused-ring (bicyclic) bond motifs is 1. The van der Waals surface area contributed by atoms with E-state index in [1.54, 1.807) is 38.1 Å². The summed E-state index contributed by atoms with van der Waals surface area (Å²) in [5.74, 6) is -0.727. The Bertz CT molecular complexity index is 1300. The summed E-state index contributed by atoms with van der Waals surface area (Å²) in [5, 5.41) is 34.2. The van der Waals surface area contributed by atoms with Gasteiger partial charge in [0.05, 0.1) is 29.9 Å².